The minimum absolute atomic E-state index is 0.0513. The third kappa shape index (κ3) is 3.74. The summed E-state index contributed by atoms with van der Waals surface area (Å²) < 4.78 is 5.50. The minimum atomic E-state index is -0.290. The van der Waals surface area contributed by atoms with Gasteiger partial charge in [0.2, 0.25) is 0 Å². The van der Waals surface area contributed by atoms with E-state index in [1.54, 1.807) is 30.7 Å². The predicted octanol–water partition coefficient (Wildman–Crippen LogP) is 2.68. The second-order valence-electron chi connectivity index (χ2n) is 5.69. The molecule has 0 unspecified atom stereocenters. The molecule has 2 aromatic heterocycles. The molecule has 3 amide bonds. The zero-order valence-corrected chi connectivity index (χ0v) is 15.0. The van der Waals surface area contributed by atoms with Crippen molar-refractivity contribution in [1.82, 2.24) is 15.2 Å². The van der Waals surface area contributed by atoms with Crippen LogP contribution in [0.25, 0.3) is 0 Å². The average molecular weight is 360 g/mol. The van der Waals surface area contributed by atoms with Crippen molar-refractivity contribution in [3.8, 4) is 0 Å². The fourth-order valence-corrected chi connectivity index (χ4v) is 3.39. The first kappa shape index (κ1) is 17.2. The normalized spacial score (nSPS) is 16.6. The van der Waals surface area contributed by atoms with Gasteiger partial charge in [-0.05, 0) is 30.5 Å². The van der Waals surface area contributed by atoms with E-state index in [2.05, 4.69) is 10.4 Å². The van der Waals surface area contributed by atoms with Gasteiger partial charge >= 0.3 is 6.03 Å². The van der Waals surface area contributed by atoms with Gasteiger partial charge in [-0.2, -0.15) is 5.10 Å². The number of carbonyl (C=O) groups excluding carboxylic acids is 2. The molecular weight excluding hydrogens is 340 g/mol. The van der Waals surface area contributed by atoms with Gasteiger partial charge in [0, 0.05) is 20.0 Å². The van der Waals surface area contributed by atoms with Crippen molar-refractivity contribution in [2.24, 2.45) is 5.10 Å². The molecular formula is C17H20N4O3S. The van der Waals surface area contributed by atoms with Crippen LogP contribution in [0.4, 0.5) is 4.79 Å². The zero-order valence-electron chi connectivity index (χ0n) is 14.1. The van der Waals surface area contributed by atoms with Gasteiger partial charge in [-0.1, -0.05) is 6.07 Å². The van der Waals surface area contributed by atoms with E-state index in [1.165, 1.54) is 9.91 Å². The second-order valence-corrected chi connectivity index (χ2v) is 6.64. The average Bonchev–Trinajstić information content (AvgIpc) is 3.33. The van der Waals surface area contributed by atoms with Gasteiger partial charge in [0.1, 0.15) is 18.3 Å². The number of hydrogen-bond acceptors (Lipinski definition) is 5. The van der Waals surface area contributed by atoms with Crippen molar-refractivity contribution in [3.05, 3.63) is 46.5 Å². The van der Waals surface area contributed by atoms with E-state index >= 15 is 0 Å². The van der Waals surface area contributed by atoms with Crippen LogP contribution in [0, 0.1) is 0 Å². The molecule has 8 heteroatoms. The zero-order chi connectivity index (χ0) is 17.8. The number of nitrogens with zero attached hydrogens (tertiary/aromatic N) is 3. The molecule has 0 saturated heterocycles. The molecule has 0 fully saturated rings. The molecule has 7 nitrogen and oxygen atoms in total. The Morgan fingerprint density at radius 1 is 1.44 bits per heavy atom. The predicted molar refractivity (Wildman–Crippen MR) is 95.5 cm³/mol. The van der Waals surface area contributed by atoms with Crippen LogP contribution in [0.1, 0.15) is 30.0 Å². The number of nitrogens with one attached hydrogen (secondary N) is 1. The number of likely N-dealkylation sites (N-methyl/N-ethyl adjacent to an activating group) is 1. The van der Waals surface area contributed by atoms with E-state index in [1.807, 2.05) is 30.5 Å². The van der Waals surface area contributed by atoms with E-state index in [0.29, 0.717) is 18.7 Å². The molecule has 0 bridgehead atoms. The lowest BCUT2D eigenvalue weighted by atomic mass is 10.1. The third-order valence-electron chi connectivity index (χ3n) is 3.89. The lowest BCUT2D eigenvalue weighted by Crippen LogP contribution is -2.43. The summed E-state index contributed by atoms with van der Waals surface area (Å²) >= 11 is 1.58. The quantitative estimate of drug-likeness (QED) is 0.890. The molecule has 1 aliphatic rings. The summed E-state index contributed by atoms with van der Waals surface area (Å²) in [5.74, 6) is 0.436. The number of hydrogen-bond donors (Lipinski definition) is 1. The maximum atomic E-state index is 12.7. The van der Waals surface area contributed by atoms with Crippen molar-refractivity contribution >= 4 is 29.0 Å². The van der Waals surface area contributed by atoms with Crippen LogP contribution in [0.15, 0.2) is 45.4 Å². The van der Waals surface area contributed by atoms with Crippen LogP contribution in [-0.2, 0) is 4.79 Å². The molecule has 0 saturated carbocycles. The van der Waals surface area contributed by atoms with Crippen molar-refractivity contribution < 1.29 is 14.0 Å². The summed E-state index contributed by atoms with van der Waals surface area (Å²) in [4.78, 5) is 27.0. The molecule has 2 aromatic rings. The molecule has 0 aliphatic carbocycles. The fourth-order valence-electron chi connectivity index (χ4n) is 2.67. The Balaban J connectivity index is 1.79. The van der Waals surface area contributed by atoms with Gasteiger partial charge in [0.05, 0.1) is 16.9 Å². The Morgan fingerprint density at radius 2 is 2.28 bits per heavy atom. The Morgan fingerprint density at radius 3 is 2.92 bits per heavy atom. The van der Waals surface area contributed by atoms with Crippen LogP contribution >= 0.6 is 11.3 Å². The van der Waals surface area contributed by atoms with E-state index in [-0.39, 0.29) is 24.5 Å². The smallest absolute Gasteiger partial charge is 0.317 e. The van der Waals surface area contributed by atoms with E-state index in [4.69, 9.17) is 4.42 Å². The fraction of sp³-hybridized carbons (Fsp3) is 0.353. The standard InChI is InChI=1S/C17H20N4O3S/c1-3-18-17(23)20(2)11-16(22)21-13(14-6-4-8-24-14)10-12(19-21)15-7-5-9-25-15/h4-9,13H,3,10-11H2,1-2H3,(H,18,23)/t13-/m0/s1. The lowest BCUT2D eigenvalue weighted by Gasteiger charge is -2.23. The number of hydrazone groups is 1. The van der Waals surface area contributed by atoms with Crippen LogP contribution in [0.3, 0.4) is 0 Å². The highest BCUT2D eigenvalue weighted by molar-refractivity contribution is 7.12. The van der Waals surface area contributed by atoms with Crippen molar-refractivity contribution in [2.75, 3.05) is 20.1 Å². The van der Waals surface area contributed by atoms with Crippen LogP contribution < -0.4 is 5.32 Å². The Hall–Kier alpha value is -2.61. The summed E-state index contributed by atoms with van der Waals surface area (Å²) in [6.07, 6.45) is 2.17. The van der Waals surface area contributed by atoms with Crippen molar-refractivity contribution in [2.45, 2.75) is 19.4 Å². The number of amides is 3. The van der Waals surface area contributed by atoms with Crippen LogP contribution in [0.2, 0.25) is 0 Å². The molecule has 0 spiro atoms. The molecule has 1 aliphatic heterocycles. The molecule has 0 aromatic carbocycles. The van der Waals surface area contributed by atoms with Crippen molar-refractivity contribution in [3.63, 3.8) is 0 Å². The minimum Gasteiger partial charge on any atom is -0.467 e. The molecule has 25 heavy (non-hydrogen) atoms. The monoisotopic (exact) mass is 360 g/mol. The molecule has 3 rings (SSSR count). The topological polar surface area (TPSA) is 78.2 Å². The molecule has 132 valence electrons. The summed E-state index contributed by atoms with van der Waals surface area (Å²) in [5, 5.41) is 10.6. The third-order valence-corrected chi connectivity index (χ3v) is 4.81. The Labute approximate surface area is 149 Å². The molecule has 3 heterocycles. The number of carbonyl (C=O) groups is 2. The van der Waals surface area contributed by atoms with E-state index in [9.17, 15) is 9.59 Å². The summed E-state index contributed by atoms with van der Waals surface area (Å²) in [6, 6.07) is 7.00. The van der Waals surface area contributed by atoms with Gasteiger partial charge < -0.3 is 14.6 Å². The molecule has 0 radical (unpaired) electrons. The number of furan rings is 1. The maximum absolute atomic E-state index is 12.7. The first-order valence-electron chi connectivity index (χ1n) is 8.06. The molecule has 1 N–H and O–H groups in total. The summed E-state index contributed by atoms with van der Waals surface area (Å²) in [6.45, 7) is 2.29. The van der Waals surface area contributed by atoms with Gasteiger partial charge in [-0.3, -0.25) is 4.79 Å². The molecule has 1 atom stereocenters. The maximum Gasteiger partial charge on any atom is 0.317 e. The highest BCUT2D eigenvalue weighted by Crippen LogP contribution is 2.34. The number of urea groups is 1. The van der Waals surface area contributed by atoms with Crippen LogP contribution in [0.5, 0.6) is 0 Å². The highest BCUT2D eigenvalue weighted by Gasteiger charge is 2.35. The first-order valence-corrected chi connectivity index (χ1v) is 8.94. The number of thiophene rings is 1. The van der Waals surface area contributed by atoms with Gasteiger partial charge in [-0.25, -0.2) is 9.80 Å². The van der Waals surface area contributed by atoms with Gasteiger partial charge in [0.25, 0.3) is 5.91 Å². The van der Waals surface area contributed by atoms with Crippen molar-refractivity contribution in [1.29, 1.82) is 0 Å². The SMILES string of the molecule is CCNC(=O)N(C)CC(=O)N1N=C(c2cccs2)C[C@H]1c1ccco1. The second kappa shape index (κ2) is 7.52. The Kier molecular flexibility index (Phi) is 5.18. The van der Waals surface area contributed by atoms with E-state index < -0.39 is 0 Å². The summed E-state index contributed by atoms with van der Waals surface area (Å²) in [7, 11) is 1.59. The first-order chi connectivity index (χ1) is 12.1. The largest absolute Gasteiger partial charge is 0.467 e. The van der Waals surface area contributed by atoms with Gasteiger partial charge in [0.15, 0.2) is 0 Å². The van der Waals surface area contributed by atoms with Gasteiger partial charge in [-0.15, -0.1) is 11.3 Å². The number of rotatable bonds is 5. The van der Waals surface area contributed by atoms with E-state index in [0.717, 1.165) is 10.6 Å². The summed E-state index contributed by atoms with van der Waals surface area (Å²) in [5.41, 5.74) is 0.852. The highest BCUT2D eigenvalue weighted by atomic mass is 32.1. The Bertz CT molecular complexity index is 755. The lowest BCUT2D eigenvalue weighted by molar-refractivity contribution is -0.133. The van der Waals surface area contributed by atoms with Crippen LogP contribution in [-0.4, -0.2) is 47.7 Å².